The molecular formula is C21H19F6NO2S. The van der Waals surface area contributed by atoms with Crippen molar-refractivity contribution in [2.24, 2.45) is 0 Å². The third kappa shape index (κ3) is 6.16. The van der Waals surface area contributed by atoms with Gasteiger partial charge in [-0.05, 0) is 61.6 Å². The number of piperidine rings is 1. The number of carbonyl (C=O) groups is 1. The molecule has 0 aromatic heterocycles. The fourth-order valence-electron chi connectivity index (χ4n) is 3.30. The van der Waals surface area contributed by atoms with Gasteiger partial charge >= 0.3 is 18.3 Å². The molecule has 0 radical (unpaired) electrons. The van der Waals surface area contributed by atoms with Crippen molar-refractivity contribution in [1.29, 1.82) is 0 Å². The first-order chi connectivity index (χ1) is 14.4. The van der Waals surface area contributed by atoms with Gasteiger partial charge in [-0.25, -0.2) is 4.79 Å². The summed E-state index contributed by atoms with van der Waals surface area (Å²) in [6.07, 6.45) is -9.09. The molecule has 31 heavy (non-hydrogen) atoms. The molecule has 0 bridgehead atoms. The van der Waals surface area contributed by atoms with Crippen LogP contribution in [0.2, 0.25) is 0 Å². The van der Waals surface area contributed by atoms with Crippen molar-refractivity contribution < 1.29 is 36.0 Å². The molecule has 0 unspecified atom stereocenters. The highest BCUT2D eigenvalue weighted by atomic mass is 32.2. The Morgan fingerprint density at radius 3 is 2.16 bits per heavy atom. The topological polar surface area (TPSA) is 29.5 Å². The van der Waals surface area contributed by atoms with Crippen LogP contribution in [0.5, 0.6) is 0 Å². The van der Waals surface area contributed by atoms with Crippen LogP contribution in [0.1, 0.15) is 35.4 Å². The van der Waals surface area contributed by atoms with Gasteiger partial charge < -0.3 is 4.84 Å². The molecule has 3 rings (SSSR count). The zero-order chi connectivity index (χ0) is 22.8. The predicted molar refractivity (Wildman–Crippen MR) is 102 cm³/mol. The highest BCUT2D eigenvalue weighted by Crippen LogP contribution is 2.41. The zero-order valence-corrected chi connectivity index (χ0v) is 17.2. The lowest BCUT2D eigenvalue weighted by molar-refractivity contribution is -0.241. The minimum Gasteiger partial charge on any atom is -0.361 e. The average Bonchev–Trinajstić information content (AvgIpc) is 2.69. The number of rotatable bonds is 4. The summed E-state index contributed by atoms with van der Waals surface area (Å²) < 4.78 is 77.0. The van der Waals surface area contributed by atoms with Crippen LogP contribution in [0.25, 0.3) is 0 Å². The monoisotopic (exact) mass is 463 g/mol. The lowest BCUT2D eigenvalue weighted by Gasteiger charge is -2.32. The summed E-state index contributed by atoms with van der Waals surface area (Å²) in [5.74, 6) is -2.61. The molecule has 0 aliphatic carbocycles. The molecule has 1 saturated heterocycles. The maximum atomic E-state index is 13.3. The Morgan fingerprint density at radius 2 is 1.61 bits per heavy atom. The number of halogens is 6. The van der Waals surface area contributed by atoms with E-state index >= 15 is 0 Å². The standard InChI is InChI=1S/C21H19F6NO2S/c1-13-2-5-16(6-3-13)31-18-7-4-15(20(22,23)24)12-17(18)14-8-10-28(11-9-14)30-19(29)21(25,26)27/h2-7,12,14H,8-11H2,1H3. The average molecular weight is 463 g/mol. The largest absolute Gasteiger partial charge is 0.492 e. The van der Waals surface area contributed by atoms with Crippen LogP contribution < -0.4 is 0 Å². The van der Waals surface area contributed by atoms with E-state index in [1.54, 1.807) is 0 Å². The number of aryl methyl sites for hydroxylation is 1. The summed E-state index contributed by atoms with van der Waals surface area (Å²) in [4.78, 5) is 16.9. The Labute approximate surface area is 179 Å². The van der Waals surface area contributed by atoms with E-state index in [9.17, 15) is 31.1 Å². The molecule has 0 atom stereocenters. The van der Waals surface area contributed by atoms with Crippen molar-refractivity contribution in [3.05, 3.63) is 59.2 Å². The van der Waals surface area contributed by atoms with Crippen LogP contribution in [0.15, 0.2) is 52.3 Å². The van der Waals surface area contributed by atoms with Gasteiger partial charge in [-0.15, -0.1) is 5.06 Å². The first kappa shape index (κ1) is 23.5. The number of hydrogen-bond donors (Lipinski definition) is 0. The van der Waals surface area contributed by atoms with E-state index in [0.29, 0.717) is 10.5 Å². The highest BCUT2D eigenvalue weighted by Gasteiger charge is 2.43. The molecule has 168 valence electrons. The van der Waals surface area contributed by atoms with Gasteiger partial charge in [0.15, 0.2) is 0 Å². The van der Waals surface area contributed by atoms with Crippen molar-refractivity contribution in [1.82, 2.24) is 5.06 Å². The van der Waals surface area contributed by atoms with Gasteiger partial charge in [0.25, 0.3) is 0 Å². The Bertz CT molecular complexity index is 919. The summed E-state index contributed by atoms with van der Waals surface area (Å²) in [5.41, 5.74) is 0.765. The van der Waals surface area contributed by atoms with E-state index in [1.807, 2.05) is 31.2 Å². The van der Waals surface area contributed by atoms with Crippen molar-refractivity contribution in [2.45, 2.75) is 47.8 Å². The van der Waals surface area contributed by atoms with Gasteiger partial charge in [0.05, 0.1) is 5.56 Å². The van der Waals surface area contributed by atoms with Gasteiger partial charge in [0.1, 0.15) is 0 Å². The van der Waals surface area contributed by atoms with E-state index in [4.69, 9.17) is 0 Å². The lowest BCUT2D eigenvalue weighted by Crippen LogP contribution is -2.39. The number of hydroxylamine groups is 2. The molecule has 2 aromatic carbocycles. The van der Waals surface area contributed by atoms with Crippen molar-refractivity contribution in [3.8, 4) is 0 Å². The Kier molecular flexibility index (Phi) is 6.90. The summed E-state index contributed by atoms with van der Waals surface area (Å²) >= 11 is 1.34. The summed E-state index contributed by atoms with van der Waals surface area (Å²) in [5, 5.41) is 0.909. The van der Waals surface area contributed by atoms with Crippen molar-refractivity contribution in [3.63, 3.8) is 0 Å². The van der Waals surface area contributed by atoms with E-state index in [1.165, 1.54) is 17.8 Å². The molecule has 0 saturated carbocycles. The number of hydrogen-bond acceptors (Lipinski definition) is 4. The second kappa shape index (κ2) is 9.12. The molecule has 3 nitrogen and oxygen atoms in total. The summed E-state index contributed by atoms with van der Waals surface area (Å²) in [7, 11) is 0. The Balaban J connectivity index is 1.80. The summed E-state index contributed by atoms with van der Waals surface area (Å²) in [6.45, 7) is 1.92. The molecule has 1 heterocycles. The normalized spacial score (nSPS) is 16.4. The van der Waals surface area contributed by atoms with Crippen LogP contribution in [0.4, 0.5) is 26.3 Å². The van der Waals surface area contributed by atoms with Crippen LogP contribution in [0.3, 0.4) is 0 Å². The van der Waals surface area contributed by atoms with Crippen LogP contribution >= 0.6 is 11.8 Å². The number of carbonyl (C=O) groups excluding carboxylic acids is 1. The maximum Gasteiger partial charge on any atom is 0.492 e. The zero-order valence-electron chi connectivity index (χ0n) is 16.4. The third-order valence-corrected chi connectivity index (χ3v) is 6.02. The molecule has 1 aliphatic rings. The van der Waals surface area contributed by atoms with Crippen LogP contribution in [-0.4, -0.2) is 30.3 Å². The summed E-state index contributed by atoms with van der Waals surface area (Å²) in [6, 6.07) is 11.1. The predicted octanol–water partition coefficient (Wildman–Crippen LogP) is 6.36. The Morgan fingerprint density at radius 1 is 1.00 bits per heavy atom. The SMILES string of the molecule is Cc1ccc(Sc2ccc(C(F)(F)F)cc2C2CCN(OC(=O)C(F)(F)F)CC2)cc1. The Hall–Kier alpha value is -2.20. The minimum absolute atomic E-state index is 0.00261. The van der Waals surface area contributed by atoms with Gasteiger partial charge in [0, 0.05) is 22.9 Å². The molecule has 1 aliphatic heterocycles. The van der Waals surface area contributed by atoms with Gasteiger partial charge in [-0.3, -0.25) is 0 Å². The maximum absolute atomic E-state index is 13.3. The van der Waals surface area contributed by atoms with Gasteiger partial charge in [-0.1, -0.05) is 29.5 Å². The number of alkyl halides is 6. The molecule has 0 amide bonds. The fraction of sp³-hybridized carbons (Fsp3) is 0.381. The van der Waals surface area contributed by atoms with Crippen molar-refractivity contribution in [2.75, 3.05) is 13.1 Å². The van der Waals surface area contributed by atoms with Crippen LogP contribution in [0, 0.1) is 6.92 Å². The minimum atomic E-state index is -5.10. The van der Waals surface area contributed by atoms with E-state index < -0.39 is 23.9 Å². The first-order valence-electron chi connectivity index (χ1n) is 9.43. The van der Waals surface area contributed by atoms with Crippen LogP contribution in [-0.2, 0) is 15.8 Å². The van der Waals surface area contributed by atoms with E-state index in [-0.39, 0.29) is 31.8 Å². The molecule has 0 N–H and O–H groups in total. The van der Waals surface area contributed by atoms with Gasteiger partial charge in [-0.2, -0.15) is 26.3 Å². The molecule has 2 aromatic rings. The van der Waals surface area contributed by atoms with Crippen molar-refractivity contribution >= 4 is 17.7 Å². The smallest absolute Gasteiger partial charge is 0.361 e. The quantitative estimate of drug-likeness (QED) is 0.493. The third-order valence-electron chi connectivity index (χ3n) is 4.92. The second-order valence-corrected chi connectivity index (χ2v) is 8.36. The molecule has 0 spiro atoms. The van der Waals surface area contributed by atoms with E-state index in [0.717, 1.165) is 27.7 Å². The molecular weight excluding hydrogens is 444 g/mol. The van der Waals surface area contributed by atoms with E-state index in [2.05, 4.69) is 4.84 Å². The number of nitrogens with zero attached hydrogens (tertiary/aromatic N) is 1. The second-order valence-electron chi connectivity index (χ2n) is 7.25. The lowest BCUT2D eigenvalue weighted by atomic mass is 9.89. The first-order valence-corrected chi connectivity index (χ1v) is 10.2. The molecule has 1 fully saturated rings. The molecule has 10 heteroatoms. The number of benzene rings is 2. The highest BCUT2D eigenvalue weighted by molar-refractivity contribution is 7.99. The van der Waals surface area contributed by atoms with Gasteiger partial charge in [0.2, 0.25) is 0 Å². The fourth-order valence-corrected chi connectivity index (χ4v) is 4.30.